The second kappa shape index (κ2) is 5.66. The number of piperidine rings is 1. The number of ether oxygens (including phenoxy) is 1. The van der Waals surface area contributed by atoms with E-state index in [1.54, 1.807) is 6.07 Å². The fourth-order valence-electron chi connectivity index (χ4n) is 2.04. The summed E-state index contributed by atoms with van der Waals surface area (Å²) in [6, 6.07) is 4.28. The predicted octanol–water partition coefficient (Wildman–Crippen LogP) is 1.46. The molecule has 1 aromatic carbocycles. The van der Waals surface area contributed by atoms with Crippen LogP contribution in [-0.2, 0) is 10.0 Å². The third kappa shape index (κ3) is 3.82. The number of primary sulfonamides is 1. The largest absolute Gasteiger partial charge is 0.489 e. The molecule has 7 heteroatoms. The molecule has 106 valence electrons. The van der Waals surface area contributed by atoms with E-state index in [9.17, 15) is 8.42 Å². The van der Waals surface area contributed by atoms with Gasteiger partial charge in [-0.3, -0.25) is 0 Å². The Morgan fingerprint density at radius 3 is 2.53 bits per heavy atom. The zero-order valence-corrected chi connectivity index (χ0v) is 12.2. The Morgan fingerprint density at radius 2 is 2.00 bits per heavy atom. The van der Waals surface area contributed by atoms with E-state index in [-0.39, 0.29) is 16.0 Å². The Kier molecular flexibility index (Phi) is 4.35. The molecule has 19 heavy (non-hydrogen) atoms. The van der Waals surface area contributed by atoms with Gasteiger partial charge in [0.2, 0.25) is 10.0 Å². The molecule has 2 rings (SSSR count). The van der Waals surface area contributed by atoms with Crippen molar-refractivity contribution >= 4 is 21.6 Å². The first-order valence-electron chi connectivity index (χ1n) is 6.04. The van der Waals surface area contributed by atoms with Gasteiger partial charge in [-0.15, -0.1) is 0 Å². The monoisotopic (exact) mass is 304 g/mol. The fraction of sp³-hybridized carbons (Fsp3) is 0.500. The maximum Gasteiger partial charge on any atom is 0.238 e. The molecule has 0 spiro atoms. The normalized spacial score (nSPS) is 18.5. The van der Waals surface area contributed by atoms with E-state index in [2.05, 4.69) is 11.9 Å². The van der Waals surface area contributed by atoms with Crippen LogP contribution in [-0.4, -0.2) is 39.6 Å². The quantitative estimate of drug-likeness (QED) is 0.917. The van der Waals surface area contributed by atoms with Crippen LogP contribution in [0.4, 0.5) is 0 Å². The lowest BCUT2D eigenvalue weighted by Gasteiger charge is -2.29. The minimum Gasteiger partial charge on any atom is -0.489 e. The van der Waals surface area contributed by atoms with Crippen LogP contribution < -0.4 is 9.88 Å². The first-order valence-corrected chi connectivity index (χ1v) is 7.96. The molecule has 0 aromatic heterocycles. The van der Waals surface area contributed by atoms with Crippen molar-refractivity contribution in [3.63, 3.8) is 0 Å². The Morgan fingerprint density at radius 1 is 1.37 bits per heavy atom. The first kappa shape index (κ1) is 14.6. The summed E-state index contributed by atoms with van der Waals surface area (Å²) in [6.07, 6.45) is 1.99. The van der Waals surface area contributed by atoms with E-state index in [4.69, 9.17) is 21.5 Å². The van der Waals surface area contributed by atoms with E-state index in [0.29, 0.717) is 5.75 Å². The fourth-order valence-corrected chi connectivity index (χ4v) is 2.87. The van der Waals surface area contributed by atoms with E-state index in [1.807, 2.05) is 0 Å². The summed E-state index contributed by atoms with van der Waals surface area (Å²) in [5.74, 6) is 0.503. The van der Waals surface area contributed by atoms with Crippen LogP contribution in [0.2, 0.25) is 5.02 Å². The SMILES string of the molecule is CN1CCC(Oc2ccc(S(N)(=O)=O)cc2Cl)CC1. The van der Waals surface area contributed by atoms with Crippen LogP contribution in [0.5, 0.6) is 5.75 Å². The van der Waals surface area contributed by atoms with Gasteiger partial charge in [0.1, 0.15) is 11.9 Å². The second-order valence-corrected chi connectivity index (χ2v) is 6.73. The van der Waals surface area contributed by atoms with Gasteiger partial charge in [-0.1, -0.05) is 11.6 Å². The topological polar surface area (TPSA) is 72.6 Å². The second-order valence-electron chi connectivity index (χ2n) is 4.76. The summed E-state index contributed by atoms with van der Waals surface area (Å²) < 4.78 is 28.2. The number of nitrogens with two attached hydrogens (primary N) is 1. The van der Waals surface area contributed by atoms with Gasteiger partial charge in [0.15, 0.2) is 0 Å². The number of likely N-dealkylation sites (tertiary alicyclic amines) is 1. The maximum absolute atomic E-state index is 11.2. The molecule has 1 aliphatic heterocycles. The summed E-state index contributed by atoms with van der Waals surface area (Å²) in [6.45, 7) is 1.97. The van der Waals surface area contributed by atoms with Crippen molar-refractivity contribution in [2.24, 2.45) is 5.14 Å². The summed E-state index contributed by atoms with van der Waals surface area (Å²) in [7, 11) is -1.66. The molecule has 1 fully saturated rings. The molecule has 0 saturated carbocycles. The van der Waals surface area contributed by atoms with E-state index in [1.165, 1.54) is 12.1 Å². The zero-order valence-electron chi connectivity index (χ0n) is 10.7. The summed E-state index contributed by atoms with van der Waals surface area (Å²) in [4.78, 5) is 2.24. The van der Waals surface area contributed by atoms with Crippen molar-refractivity contribution in [3.8, 4) is 5.75 Å². The van der Waals surface area contributed by atoms with Crippen LogP contribution in [0.25, 0.3) is 0 Å². The minimum atomic E-state index is -3.73. The highest BCUT2D eigenvalue weighted by Crippen LogP contribution is 2.29. The Labute approximate surface area is 118 Å². The van der Waals surface area contributed by atoms with E-state index < -0.39 is 10.0 Å². The highest BCUT2D eigenvalue weighted by atomic mass is 35.5. The van der Waals surface area contributed by atoms with Gasteiger partial charge in [-0.05, 0) is 38.1 Å². The molecule has 0 unspecified atom stereocenters. The van der Waals surface area contributed by atoms with Gasteiger partial charge in [-0.25, -0.2) is 13.6 Å². The van der Waals surface area contributed by atoms with Crippen molar-refractivity contribution < 1.29 is 13.2 Å². The Hall–Kier alpha value is -0.820. The molecule has 1 aliphatic rings. The number of halogens is 1. The van der Waals surface area contributed by atoms with Gasteiger partial charge in [0, 0.05) is 13.1 Å². The van der Waals surface area contributed by atoms with Crippen LogP contribution in [0.3, 0.4) is 0 Å². The first-order chi connectivity index (χ1) is 8.86. The molecule has 1 saturated heterocycles. The highest BCUT2D eigenvalue weighted by Gasteiger charge is 2.19. The summed E-state index contributed by atoms with van der Waals surface area (Å²) in [5, 5.41) is 5.31. The average Bonchev–Trinajstić information content (AvgIpc) is 2.33. The maximum atomic E-state index is 11.2. The number of hydrogen-bond acceptors (Lipinski definition) is 4. The number of sulfonamides is 1. The van der Waals surface area contributed by atoms with E-state index >= 15 is 0 Å². The van der Waals surface area contributed by atoms with Gasteiger partial charge in [0.25, 0.3) is 0 Å². The standard InChI is InChI=1S/C12H17ClN2O3S/c1-15-6-4-9(5-7-15)18-12-3-2-10(8-11(12)13)19(14,16)17/h2-3,8-9H,4-7H2,1H3,(H2,14,16,17). The molecule has 2 N–H and O–H groups in total. The molecule has 1 heterocycles. The highest BCUT2D eigenvalue weighted by molar-refractivity contribution is 7.89. The minimum absolute atomic E-state index is 0.00627. The lowest BCUT2D eigenvalue weighted by molar-refractivity contribution is 0.114. The van der Waals surface area contributed by atoms with Crippen molar-refractivity contribution in [2.45, 2.75) is 23.8 Å². The zero-order chi connectivity index (χ0) is 14.0. The molecule has 5 nitrogen and oxygen atoms in total. The molecule has 0 aliphatic carbocycles. The molecule has 0 bridgehead atoms. The predicted molar refractivity (Wildman–Crippen MR) is 74.0 cm³/mol. The van der Waals surface area contributed by atoms with Gasteiger partial charge < -0.3 is 9.64 Å². The van der Waals surface area contributed by atoms with Gasteiger partial charge in [0.05, 0.1) is 9.92 Å². The van der Waals surface area contributed by atoms with E-state index in [0.717, 1.165) is 25.9 Å². The Balaban J connectivity index is 2.09. The summed E-state index contributed by atoms with van der Waals surface area (Å²) >= 11 is 6.03. The molecule has 0 amide bonds. The van der Waals surface area contributed by atoms with Gasteiger partial charge in [-0.2, -0.15) is 0 Å². The van der Waals surface area contributed by atoms with Crippen molar-refractivity contribution in [1.29, 1.82) is 0 Å². The molecule has 0 atom stereocenters. The number of hydrogen-bond donors (Lipinski definition) is 1. The molecular weight excluding hydrogens is 288 g/mol. The third-order valence-electron chi connectivity index (χ3n) is 3.19. The van der Waals surface area contributed by atoms with Crippen LogP contribution in [0.15, 0.2) is 23.1 Å². The van der Waals surface area contributed by atoms with Crippen molar-refractivity contribution in [2.75, 3.05) is 20.1 Å². The smallest absolute Gasteiger partial charge is 0.238 e. The summed E-state index contributed by atoms with van der Waals surface area (Å²) in [5.41, 5.74) is 0. The lowest BCUT2D eigenvalue weighted by atomic mass is 10.1. The molecule has 0 radical (unpaired) electrons. The van der Waals surface area contributed by atoms with Crippen LogP contribution in [0.1, 0.15) is 12.8 Å². The molecular formula is C12H17ClN2O3S. The average molecular weight is 305 g/mol. The lowest BCUT2D eigenvalue weighted by Crippen LogP contribution is -2.35. The van der Waals surface area contributed by atoms with Gasteiger partial charge >= 0.3 is 0 Å². The Bertz CT molecular complexity index is 554. The third-order valence-corrected chi connectivity index (χ3v) is 4.40. The molecule has 1 aromatic rings. The number of nitrogens with zero attached hydrogens (tertiary/aromatic N) is 1. The van der Waals surface area contributed by atoms with Crippen LogP contribution in [0, 0.1) is 0 Å². The number of benzene rings is 1. The number of rotatable bonds is 3. The van der Waals surface area contributed by atoms with Crippen molar-refractivity contribution in [3.05, 3.63) is 23.2 Å². The van der Waals surface area contributed by atoms with Crippen molar-refractivity contribution in [1.82, 2.24) is 4.90 Å². The van der Waals surface area contributed by atoms with Crippen LogP contribution >= 0.6 is 11.6 Å².